The number of likely N-dealkylation sites (N-methyl/N-ethyl adjacent to an activating group) is 2. The number of aliphatic hydroxyl groups is 4. The highest BCUT2D eigenvalue weighted by Gasteiger charge is 2.55. The van der Waals surface area contributed by atoms with Gasteiger partial charge >= 0.3 is 11.9 Å². The Labute approximate surface area is 437 Å². The Morgan fingerprint density at radius 3 is 1.96 bits per heavy atom. The van der Waals surface area contributed by atoms with Gasteiger partial charge in [-0.2, -0.15) is 0 Å². The van der Waals surface area contributed by atoms with Crippen LogP contribution in [-0.4, -0.2) is 182 Å². The van der Waals surface area contributed by atoms with Crippen LogP contribution < -0.4 is 10.4 Å². The number of methoxy groups -OCH3 is 1. The highest BCUT2D eigenvalue weighted by Crippen LogP contribution is 2.41. The van der Waals surface area contributed by atoms with Gasteiger partial charge in [0.2, 0.25) is 0 Å². The largest absolute Gasteiger partial charge is 0.459 e. The van der Waals surface area contributed by atoms with Gasteiger partial charge in [-0.1, -0.05) is 102 Å². The van der Waals surface area contributed by atoms with Gasteiger partial charge in [0.15, 0.2) is 18.7 Å². The first-order valence-electron chi connectivity index (χ1n) is 26.4. The Kier molecular flexibility index (Phi) is 20.6. The molecule has 3 aliphatic rings. The van der Waals surface area contributed by atoms with Crippen LogP contribution >= 0.6 is 0 Å². The summed E-state index contributed by atoms with van der Waals surface area (Å²) in [5.41, 5.74) is -4.61. The molecule has 0 bridgehead atoms. The summed E-state index contributed by atoms with van der Waals surface area (Å²) in [6, 6.07) is 19.1. The SMILES string of the molecule is CC[C@H]1OC(=O)[C@H](C)[C@@H](O[C@H]2C[C@@](C)(OC)[C@@H](O)[C@H](C)O2)[C@H](C)[C@@H](O[C@@H]2O[C@H](C)C[C@H](N(C)C)[C@H]2OC(=O)CO[Si](c2ccccc2)(c2ccccc2)C(C)(C)C)[C@](C)(O)C[C@@H](C)CN(C)[C@H](C)[C@@H](O)[C@]1(C)O. The van der Waals surface area contributed by atoms with E-state index in [4.69, 9.17) is 37.6 Å². The molecule has 0 saturated carbocycles. The van der Waals surface area contributed by atoms with E-state index in [1.807, 2.05) is 88.1 Å². The lowest BCUT2D eigenvalue weighted by molar-refractivity contribution is -0.319. The minimum Gasteiger partial charge on any atom is -0.459 e. The third-order valence-electron chi connectivity index (χ3n) is 16.3. The summed E-state index contributed by atoms with van der Waals surface area (Å²) in [5.74, 6) is -3.50. The predicted octanol–water partition coefficient (Wildman–Crippen LogP) is 5.03. The molecule has 73 heavy (non-hydrogen) atoms. The summed E-state index contributed by atoms with van der Waals surface area (Å²) >= 11 is 0. The highest BCUT2D eigenvalue weighted by atomic mass is 28.4. The van der Waals surface area contributed by atoms with Gasteiger partial charge in [-0.3, -0.25) is 4.79 Å². The average Bonchev–Trinajstić information content (AvgIpc) is 3.32. The Hall–Kier alpha value is -2.88. The molecule has 16 nitrogen and oxygen atoms in total. The maximum Gasteiger partial charge on any atom is 0.331 e. The van der Waals surface area contributed by atoms with Gasteiger partial charge in [-0.15, -0.1) is 0 Å². The lowest BCUT2D eigenvalue weighted by Gasteiger charge is -2.49. The summed E-state index contributed by atoms with van der Waals surface area (Å²) in [6.07, 6.45) is -9.16. The van der Waals surface area contributed by atoms with E-state index < -0.39 is 121 Å². The van der Waals surface area contributed by atoms with Crippen molar-refractivity contribution < 1.29 is 67.6 Å². The molecule has 0 aliphatic carbocycles. The number of ether oxygens (including phenoxy) is 7. The molecule has 0 amide bonds. The van der Waals surface area contributed by atoms with Crippen molar-refractivity contribution in [3.8, 4) is 0 Å². The predicted molar refractivity (Wildman–Crippen MR) is 282 cm³/mol. The number of aliphatic hydroxyl groups excluding tert-OH is 2. The van der Waals surface area contributed by atoms with Crippen LogP contribution in [0.15, 0.2) is 60.7 Å². The van der Waals surface area contributed by atoms with Gasteiger partial charge in [-0.05, 0) is 110 Å². The van der Waals surface area contributed by atoms with E-state index >= 15 is 0 Å². The zero-order valence-corrected chi connectivity index (χ0v) is 47.9. The molecule has 0 unspecified atom stereocenters. The molecule has 18 atom stereocenters. The third-order valence-corrected chi connectivity index (χ3v) is 21.3. The number of hydrogen-bond donors (Lipinski definition) is 4. The van der Waals surface area contributed by atoms with E-state index in [9.17, 15) is 30.0 Å². The number of nitrogens with zero attached hydrogens (tertiary/aromatic N) is 2. The monoisotopic (exact) mass is 1040 g/mol. The number of carbonyl (C=O) groups is 2. The number of cyclic esters (lactones) is 1. The molecule has 5 rings (SSSR count). The van der Waals surface area contributed by atoms with Crippen LogP contribution in [0.5, 0.6) is 0 Å². The first-order valence-corrected chi connectivity index (χ1v) is 28.4. The van der Waals surface area contributed by atoms with Crippen LogP contribution in [0.3, 0.4) is 0 Å². The Morgan fingerprint density at radius 1 is 0.863 bits per heavy atom. The smallest absolute Gasteiger partial charge is 0.331 e. The van der Waals surface area contributed by atoms with E-state index in [0.717, 1.165) is 10.4 Å². The Balaban J connectivity index is 1.60. The molecule has 3 aliphatic heterocycles. The van der Waals surface area contributed by atoms with Gasteiger partial charge in [0.05, 0.1) is 47.6 Å². The van der Waals surface area contributed by atoms with Gasteiger partial charge < -0.3 is 67.8 Å². The van der Waals surface area contributed by atoms with E-state index in [1.165, 1.54) is 14.0 Å². The van der Waals surface area contributed by atoms with Crippen molar-refractivity contribution in [1.29, 1.82) is 0 Å². The maximum absolute atomic E-state index is 14.7. The fourth-order valence-electron chi connectivity index (χ4n) is 12.0. The van der Waals surface area contributed by atoms with E-state index in [0.29, 0.717) is 13.0 Å². The molecule has 0 aromatic heterocycles. The first kappa shape index (κ1) is 61.0. The first-order chi connectivity index (χ1) is 33.9. The third kappa shape index (κ3) is 13.6. The summed E-state index contributed by atoms with van der Waals surface area (Å²) in [5, 5.41) is 49.6. The number of rotatable bonds is 13. The second-order valence-corrected chi connectivity index (χ2v) is 27.9. The fraction of sp³-hybridized carbons (Fsp3) is 0.750. The average molecular weight is 1050 g/mol. The van der Waals surface area contributed by atoms with Gasteiger partial charge in [0.25, 0.3) is 8.32 Å². The molecule has 17 heteroatoms. The molecule has 4 N–H and O–H groups in total. The second-order valence-electron chi connectivity index (χ2n) is 23.6. The molecule has 2 aromatic rings. The van der Waals surface area contributed by atoms with Crippen LogP contribution in [0, 0.1) is 17.8 Å². The van der Waals surface area contributed by atoms with Crippen LogP contribution in [0.4, 0.5) is 0 Å². The Morgan fingerprint density at radius 2 is 1.44 bits per heavy atom. The number of carbonyl (C=O) groups excluding carboxylic acids is 2. The van der Waals surface area contributed by atoms with E-state index in [1.54, 1.807) is 41.5 Å². The molecule has 3 fully saturated rings. The summed E-state index contributed by atoms with van der Waals surface area (Å²) in [4.78, 5) is 33.2. The maximum atomic E-state index is 14.7. The van der Waals surface area contributed by atoms with Crippen molar-refractivity contribution >= 4 is 30.6 Å². The molecular formula is C56H92N2O14Si. The van der Waals surface area contributed by atoms with E-state index in [2.05, 4.69) is 45.0 Å². The minimum atomic E-state index is -3.16. The molecule has 414 valence electrons. The van der Waals surface area contributed by atoms with Crippen molar-refractivity contribution in [3.63, 3.8) is 0 Å². The van der Waals surface area contributed by atoms with Gasteiger partial charge in [0, 0.05) is 32.0 Å². The zero-order chi connectivity index (χ0) is 54.6. The quantitative estimate of drug-likeness (QED) is 0.154. The fourth-order valence-corrected chi connectivity index (χ4v) is 16.5. The minimum absolute atomic E-state index is 0.0867. The number of benzene rings is 2. The molecule has 0 radical (unpaired) electrons. The van der Waals surface area contributed by atoms with Crippen LogP contribution in [-0.2, 0) is 47.2 Å². The topological polar surface area (TPSA) is 195 Å². The molecule has 2 aromatic carbocycles. The molecular weight excluding hydrogens is 953 g/mol. The van der Waals surface area contributed by atoms with Crippen molar-refractivity contribution in [2.24, 2.45) is 17.8 Å². The van der Waals surface area contributed by atoms with Crippen LogP contribution in [0.1, 0.15) is 116 Å². The Bertz CT molecular complexity index is 2020. The van der Waals surface area contributed by atoms with Gasteiger partial charge in [0.1, 0.15) is 30.5 Å². The lowest BCUT2D eigenvalue weighted by atomic mass is 9.77. The van der Waals surface area contributed by atoms with Crippen LogP contribution in [0.25, 0.3) is 0 Å². The number of esters is 2. The molecule has 0 spiro atoms. The van der Waals surface area contributed by atoms with Crippen molar-refractivity contribution in [2.45, 2.75) is 211 Å². The van der Waals surface area contributed by atoms with Crippen LogP contribution in [0.2, 0.25) is 5.04 Å². The summed E-state index contributed by atoms with van der Waals surface area (Å²) < 4.78 is 52.7. The summed E-state index contributed by atoms with van der Waals surface area (Å²) in [7, 11) is 4.01. The zero-order valence-electron chi connectivity index (χ0n) is 46.9. The highest BCUT2D eigenvalue weighted by molar-refractivity contribution is 6.99. The summed E-state index contributed by atoms with van der Waals surface area (Å²) in [6.45, 7) is 24.1. The molecule has 3 heterocycles. The van der Waals surface area contributed by atoms with Gasteiger partial charge in [-0.25, -0.2) is 4.79 Å². The lowest BCUT2D eigenvalue weighted by Crippen LogP contribution is -2.67. The number of hydrogen-bond acceptors (Lipinski definition) is 16. The van der Waals surface area contributed by atoms with E-state index in [-0.39, 0.29) is 37.9 Å². The normalized spacial score (nSPS) is 39.0. The second kappa shape index (κ2) is 24.6. The van der Waals surface area contributed by atoms with Crippen molar-refractivity contribution in [2.75, 3.05) is 41.4 Å². The molecule has 3 saturated heterocycles. The van der Waals surface area contributed by atoms with Crippen molar-refractivity contribution in [1.82, 2.24) is 9.80 Å². The standard InChI is InChI=1S/C56H92N2O14Si/c1-18-43-56(13,64)48(60)38(6)58(16)32-34(2)30-54(11,63)50(36(4)46(37(5)51(62)69-43)71-45-31-55(12,65-17)49(61)39(7)68-45)72-52-47(42(57(14)15)29-35(3)67-52)70-44(59)33-66-73(53(8,9)10,40-25-21-19-22-26-40)41-27-23-20-24-28-41/h19-28,34-39,42-43,45-50,52,60-61,63-64H,18,29-33H2,1-17H3/t34-,35-,36+,37-,38-,39+,42+,43-,45+,46+,47-,48-,49+,50-,52+,54-,55-,56-/m1/s1. The van der Waals surface area contributed by atoms with Crippen molar-refractivity contribution in [3.05, 3.63) is 60.7 Å².